The maximum Gasteiger partial charge on any atom is 0.228 e. The smallest absolute Gasteiger partial charge is 0.228 e. The van der Waals surface area contributed by atoms with Crippen molar-refractivity contribution < 1.29 is 9.59 Å². The van der Waals surface area contributed by atoms with Crippen molar-refractivity contribution in [2.24, 2.45) is 11.8 Å². The summed E-state index contributed by atoms with van der Waals surface area (Å²) in [7, 11) is 0. The fourth-order valence-electron chi connectivity index (χ4n) is 3.53. The predicted octanol–water partition coefficient (Wildman–Crippen LogP) is 4.31. The Bertz CT molecular complexity index is 828. The molecule has 2 aromatic carbocycles. The molecule has 2 unspecified atom stereocenters. The van der Waals surface area contributed by atoms with Gasteiger partial charge in [0.25, 0.3) is 0 Å². The van der Waals surface area contributed by atoms with Gasteiger partial charge in [-0.1, -0.05) is 25.1 Å². The number of amides is 2. The summed E-state index contributed by atoms with van der Waals surface area (Å²) >= 11 is 0. The van der Waals surface area contributed by atoms with E-state index in [2.05, 4.69) is 36.3 Å². The second kappa shape index (κ2) is 8.91. The number of carbonyl (C=O) groups is 2. The minimum atomic E-state index is -0.253. The molecule has 0 aliphatic heterocycles. The Morgan fingerprint density at radius 3 is 2.11 bits per heavy atom. The Kier molecular flexibility index (Phi) is 6.34. The van der Waals surface area contributed by atoms with Gasteiger partial charge in [0.05, 0.1) is 11.8 Å². The van der Waals surface area contributed by atoms with Crippen LogP contribution >= 0.6 is 0 Å². The van der Waals surface area contributed by atoms with Crippen molar-refractivity contribution in [3.05, 3.63) is 54.1 Å². The van der Waals surface area contributed by atoms with Crippen molar-refractivity contribution >= 4 is 28.9 Å². The summed E-state index contributed by atoms with van der Waals surface area (Å²) < 4.78 is 0. The largest absolute Gasteiger partial charge is 0.372 e. The van der Waals surface area contributed by atoms with Crippen LogP contribution in [0.3, 0.4) is 0 Å². The van der Waals surface area contributed by atoms with Gasteiger partial charge in [0.2, 0.25) is 11.8 Å². The highest BCUT2D eigenvalue weighted by atomic mass is 16.2. The second-order valence-corrected chi connectivity index (χ2v) is 7.16. The highest BCUT2D eigenvalue weighted by molar-refractivity contribution is 6.03. The number of rotatable bonds is 8. The lowest BCUT2D eigenvalue weighted by Crippen LogP contribution is -2.22. The average Bonchev–Trinajstić information content (AvgIpc) is 3.52. The number of benzene rings is 2. The molecule has 0 spiro atoms. The van der Waals surface area contributed by atoms with E-state index < -0.39 is 0 Å². The minimum absolute atomic E-state index is 0.0714. The van der Waals surface area contributed by atoms with Crippen LogP contribution in [0.15, 0.2) is 48.5 Å². The van der Waals surface area contributed by atoms with E-state index in [4.69, 9.17) is 0 Å². The lowest BCUT2D eigenvalue weighted by molar-refractivity contribution is -0.122. The van der Waals surface area contributed by atoms with Crippen LogP contribution in [0.25, 0.3) is 0 Å². The molecule has 0 saturated heterocycles. The van der Waals surface area contributed by atoms with Gasteiger partial charge < -0.3 is 15.5 Å². The third-order valence-electron chi connectivity index (χ3n) is 5.38. The fourth-order valence-corrected chi connectivity index (χ4v) is 3.53. The number of hydrogen-bond donors (Lipinski definition) is 2. The number of hydrogen-bond acceptors (Lipinski definition) is 3. The molecule has 2 aromatic rings. The van der Waals surface area contributed by atoms with E-state index in [0.717, 1.165) is 42.1 Å². The third-order valence-corrected chi connectivity index (χ3v) is 5.38. The molecule has 1 aliphatic carbocycles. The Balaban J connectivity index is 1.54. The number of carbonyl (C=O) groups excluding carboxylic acids is 2. The van der Waals surface area contributed by atoms with Crippen molar-refractivity contribution in [1.29, 1.82) is 0 Å². The highest BCUT2D eigenvalue weighted by Gasteiger charge is 2.48. The van der Waals surface area contributed by atoms with Gasteiger partial charge in [-0.25, -0.2) is 0 Å². The van der Waals surface area contributed by atoms with Crippen LogP contribution < -0.4 is 15.5 Å². The lowest BCUT2D eigenvalue weighted by Gasteiger charge is -2.21. The number of nitrogens with zero attached hydrogens (tertiary/aromatic N) is 1. The van der Waals surface area contributed by atoms with E-state index in [9.17, 15) is 9.59 Å². The first-order valence-electron chi connectivity index (χ1n) is 10.1. The van der Waals surface area contributed by atoms with Crippen LogP contribution in [0, 0.1) is 11.8 Å². The molecule has 0 radical (unpaired) electrons. The second-order valence-electron chi connectivity index (χ2n) is 7.16. The van der Waals surface area contributed by atoms with Gasteiger partial charge in [-0.15, -0.1) is 0 Å². The molecule has 3 rings (SSSR count). The molecule has 0 bridgehead atoms. The molecule has 1 saturated carbocycles. The SMILES string of the molecule is CCc1ccccc1NC(=O)C1CC1C(=O)Nc1ccc(N(CC)CC)cc1. The van der Waals surface area contributed by atoms with Gasteiger partial charge in [-0.05, 0) is 62.6 Å². The molecule has 28 heavy (non-hydrogen) atoms. The van der Waals surface area contributed by atoms with Gasteiger partial charge in [0, 0.05) is 30.2 Å². The zero-order valence-electron chi connectivity index (χ0n) is 16.9. The Hall–Kier alpha value is -2.82. The van der Waals surface area contributed by atoms with Crippen LogP contribution in [0.2, 0.25) is 0 Å². The van der Waals surface area contributed by atoms with E-state index in [0.29, 0.717) is 6.42 Å². The van der Waals surface area contributed by atoms with Crippen molar-refractivity contribution in [2.75, 3.05) is 28.6 Å². The first-order valence-corrected chi connectivity index (χ1v) is 10.1. The lowest BCUT2D eigenvalue weighted by atomic mass is 10.1. The molecule has 1 fully saturated rings. The van der Waals surface area contributed by atoms with Gasteiger partial charge in [0.1, 0.15) is 0 Å². The summed E-state index contributed by atoms with van der Waals surface area (Å²) in [6.45, 7) is 8.20. The molecule has 1 aliphatic rings. The molecule has 2 atom stereocenters. The summed E-state index contributed by atoms with van der Waals surface area (Å²) in [5.74, 6) is -0.659. The third kappa shape index (κ3) is 4.53. The Morgan fingerprint density at radius 1 is 0.893 bits per heavy atom. The van der Waals surface area contributed by atoms with Crippen LogP contribution in [-0.4, -0.2) is 24.9 Å². The normalized spacial score (nSPS) is 17.7. The van der Waals surface area contributed by atoms with Gasteiger partial charge in [-0.3, -0.25) is 9.59 Å². The van der Waals surface area contributed by atoms with E-state index in [1.54, 1.807) is 0 Å². The minimum Gasteiger partial charge on any atom is -0.372 e. The van der Waals surface area contributed by atoms with Crippen molar-refractivity contribution in [3.8, 4) is 0 Å². The van der Waals surface area contributed by atoms with E-state index in [1.165, 1.54) is 0 Å². The summed E-state index contributed by atoms with van der Waals surface area (Å²) in [5.41, 5.74) is 3.85. The topological polar surface area (TPSA) is 61.4 Å². The van der Waals surface area contributed by atoms with Crippen LogP contribution in [0.1, 0.15) is 32.8 Å². The molecule has 148 valence electrons. The van der Waals surface area contributed by atoms with Crippen LogP contribution in [0.4, 0.5) is 17.1 Å². The van der Waals surface area contributed by atoms with E-state index >= 15 is 0 Å². The van der Waals surface area contributed by atoms with E-state index in [1.807, 2.05) is 48.5 Å². The average molecular weight is 380 g/mol. The van der Waals surface area contributed by atoms with Crippen LogP contribution in [-0.2, 0) is 16.0 Å². The molecule has 5 nitrogen and oxygen atoms in total. The predicted molar refractivity (Wildman–Crippen MR) is 115 cm³/mol. The number of anilines is 3. The highest BCUT2D eigenvalue weighted by Crippen LogP contribution is 2.40. The zero-order valence-corrected chi connectivity index (χ0v) is 16.9. The molecule has 0 heterocycles. The number of para-hydroxylation sites is 1. The zero-order chi connectivity index (χ0) is 20.1. The maximum atomic E-state index is 12.5. The van der Waals surface area contributed by atoms with E-state index in [-0.39, 0.29) is 23.7 Å². The first-order chi connectivity index (χ1) is 13.6. The molecule has 2 N–H and O–H groups in total. The van der Waals surface area contributed by atoms with Crippen molar-refractivity contribution in [2.45, 2.75) is 33.6 Å². The summed E-state index contributed by atoms with van der Waals surface area (Å²) in [4.78, 5) is 27.2. The number of aryl methyl sites for hydroxylation is 1. The molecule has 5 heteroatoms. The summed E-state index contributed by atoms with van der Waals surface area (Å²) in [5, 5.41) is 5.92. The van der Waals surface area contributed by atoms with Crippen molar-refractivity contribution in [1.82, 2.24) is 0 Å². The van der Waals surface area contributed by atoms with Crippen molar-refractivity contribution in [3.63, 3.8) is 0 Å². The maximum absolute atomic E-state index is 12.5. The Morgan fingerprint density at radius 2 is 1.50 bits per heavy atom. The summed E-state index contributed by atoms with van der Waals surface area (Å²) in [6, 6.07) is 15.7. The standard InChI is InChI=1S/C23H29N3O2/c1-4-16-9-7-8-10-21(16)25-23(28)20-15-19(20)22(27)24-17-11-13-18(14-12-17)26(5-2)6-3/h7-14,19-20H,4-6,15H2,1-3H3,(H,24,27)(H,25,28). The quantitative estimate of drug-likeness (QED) is 0.718. The molecular weight excluding hydrogens is 350 g/mol. The molecule has 0 aromatic heterocycles. The van der Waals surface area contributed by atoms with Gasteiger partial charge >= 0.3 is 0 Å². The first kappa shape index (κ1) is 19.9. The van der Waals surface area contributed by atoms with Gasteiger partial charge in [0.15, 0.2) is 0 Å². The summed E-state index contributed by atoms with van der Waals surface area (Å²) in [6.07, 6.45) is 1.46. The molecular formula is C23H29N3O2. The fraction of sp³-hybridized carbons (Fsp3) is 0.391. The Labute approximate surface area is 167 Å². The van der Waals surface area contributed by atoms with Crippen LogP contribution in [0.5, 0.6) is 0 Å². The number of nitrogens with one attached hydrogen (secondary N) is 2. The molecule has 2 amide bonds. The monoisotopic (exact) mass is 379 g/mol. The van der Waals surface area contributed by atoms with Gasteiger partial charge in [-0.2, -0.15) is 0 Å².